The Balaban J connectivity index is 1.70. The summed E-state index contributed by atoms with van der Waals surface area (Å²) in [4.78, 5) is 14.0. The van der Waals surface area contributed by atoms with E-state index < -0.39 is 0 Å². The van der Waals surface area contributed by atoms with Crippen LogP contribution in [0.2, 0.25) is 0 Å². The van der Waals surface area contributed by atoms with Crippen LogP contribution in [0.4, 0.5) is 0 Å². The third kappa shape index (κ3) is 4.82. The Morgan fingerprint density at radius 3 is 2.73 bits per heavy atom. The maximum absolute atomic E-state index is 12.0. The van der Waals surface area contributed by atoms with Crippen molar-refractivity contribution in [3.63, 3.8) is 0 Å². The highest BCUT2D eigenvalue weighted by Crippen LogP contribution is 2.29. The summed E-state index contributed by atoms with van der Waals surface area (Å²) in [6.45, 7) is 8.04. The second-order valence-electron chi connectivity index (χ2n) is 6.92. The molecule has 2 rings (SSSR count). The van der Waals surface area contributed by atoms with Gasteiger partial charge in [0.1, 0.15) is 0 Å². The van der Waals surface area contributed by atoms with E-state index in [0.29, 0.717) is 25.0 Å². The van der Waals surface area contributed by atoms with Crippen LogP contribution < -0.4 is 5.32 Å². The number of ether oxygens (including phenoxy) is 1. The SMILES string of the molecule is COCCC(=O)N1CCC(NCC2C(C)=CCCC2C)CC1. The lowest BCUT2D eigenvalue weighted by molar-refractivity contribution is -0.133. The van der Waals surface area contributed by atoms with Gasteiger partial charge in [0.05, 0.1) is 13.0 Å². The fraction of sp³-hybridized carbons (Fsp3) is 0.833. The molecule has 0 aromatic rings. The minimum absolute atomic E-state index is 0.236. The highest BCUT2D eigenvalue weighted by molar-refractivity contribution is 5.76. The van der Waals surface area contributed by atoms with Gasteiger partial charge in [-0.3, -0.25) is 4.79 Å². The van der Waals surface area contributed by atoms with Crippen molar-refractivity contribution in [1.29, 1.82) is 0 Å². The molecule has 0 spiro atoms. The van der Waals surface area contributed by atoms with Gasteiger partial charge in [0.25, 0.3) is 0 Å². The average molecular weight is 308 g/mol. The first-order valence-corrected chi connectivity index (χ1v) is 8.78. The van der Waals surface area contributed by atoms with Crippen LogP contribution in [0.15, 0.2) is 11.6 Å². The number of carbonyl (C=O) groups excluding carboxylic acids is 1. The minimum atomic E-state index is 0.236. The van der Waals surface area contributed by atoms with Crippen molar-refractivity contribution in [2.75, 3.05) is 33.4 Å². The Bertz CT molecular complexity index is 387. The molecule has 4 nitrogen and oxygen atoms in total. The van der Waals surface area contributed by atoms with E-state index in [0.717, 1.165) is 38.4 Å². The van der Waals surface area contributed by atoms with Gasteiger partial charge in [0.2, 0.25) is 5.91 Å². The van der Waals surface area contributed by atoms with Crippen molar-refractivity contribution in [2.24, 2.45) is 11.8 Å². The molecular formula is C18H32N2O2. The predicted molar refractivity (Wildman–Crippen MR) is 89.7 cm³/mol. The minimum Gasteiger partial charge on any atom is -0.384 e. The molecule has 0 radical (unpaired) electrons. The molecule has 0 aromatic carbocycles. The largest absolute Gasteiger partial charge is 0.384 e. The molecule has 1 fully saturated rings. The maximum Gasteiger partial charge on any atom is 0.224 e. The molecule has 0 saturated carbocycles. The van der Waals surface area contributed by atoms with Crippen LogP contribution in [0.1, 0.15) is 46.0 Å². The van der Waals surface area contributed by atoms with E-state index in [1.807, 2.05) is 4.90 Å². The molecule has 4 heteroatoms. The zero-order valence-electron chi connectivity index (χ0n) is 14.4. The molecule has 0 aromatic heterocycles. The first-order valence-electron chi connectivity index (χ1n) is 8.78. The van der Waals surface area contributed by atoms with E-state index in [4.69, 9.17) is 4.74 Å². The van der Waals surface area contributed by atoms with Crippen LogP contribution >= 0.6 is 0 Å². The van der Waals surface area contributed by atoms with Gasteiger partial charge in [0, 0.05) is 32.8 Å². The summed E-state index contributed by atoms with van der Waals surface area (Å²) in [5.41, 5.74) is 1.55. The zero-order valence-corrected chi connectivity index (χ0v) is 14.4. The van der Waals surface area contributed by atoms with Crippen LogP contribution in [-0.2, 0) is 9.53 Å². The summed E-state index contributed by atoms with van der Waals surface area (Å²) in [7, 11) is 1.64. The Kier molecular flexibility index (Phi) is 6.90. The Morgan fingerprint density at radius 2 is 2.09 bits per heavy atom. The maximum atomic E-state index is 12.0. The van der Waals surface area contributed by atoms with E-state index in [2.05, 4.69) is 25.2 Å². The van der Waals surface area contributed by atoms with E-state index in [9.17, 15) is 4.79 Å². The van der Waals surface area contributed by atoms with Crippen molar-refractivity contribution in [2.45, 2.75) is 52.0 Å². The topological polar surface area (TPSA) is 41.6 Å². The Morgan fingerprint density at radius 1 is 1.36 bits per heavy atom. The van der Waals surface area contributed by atoms with Crippen molar-refractivity contribution >= 4 is 5.91 Å². The highest BCUT2D eigenvalue weighted by atomic mass is 16.5. The number of amides is 1. The number of allylic oxidation sites excluding steroid dienone is 1. The van der Waals surface area contributed by atoms with E-state index >= 15 is 0 Å². The summed E-state index contributed by atoms with van der Waals surface area (Å²) in [6.07, 6.45) is 7.62. The van der Waals surface area contributed by atoms with Gasteiger partial charge in [-0.2, -0.15) is 0 Å². The molecular weight excluding hydrogens is 276 g/mol. The number of methoxy groups -OCH3 is 1. The predicted octanol–water partition coefficient (Wildman–Crippen LogP) is 2.60. The van der Waals surface area contributed by atoms with Crippen molar-refractivity contribution in [3.8, 4) is 0 Å². The van der Waals surface area contributed by atoms with Gasteiger partial charge in [-0.05, 0) is 44.4 Å². The van der Waals surface area contributed by atoms with Gasteiger partial charge in [0.15, 0.2) is 0 Å². The Hall–Kier alpha value is -0.870. The molecule has 1 aliphatic carbocycles. The van der Waals surface area contributed by atoms with Crippen LogP contribution in [0.3, 0.4) is 0 Å². The molecule has 1 amide bonds. The van der Waals surface area contributed by atoms with Crippen LogP contribution in [0, 0.1) is 11.8 Å². The first kappa shape index (κ1) is 17.5. The summed E-state index contributed by atoms with van der Waals surface area (Å²) in [5.74, 6) is 1.71. The first-order chi connectivity index (χ1) is 10.6. The summed E-state index contributed by atoms with van der Waals surface area (Å²) in [6, 6.07) is 0.563. The molecule has 2 aliphatic rings. The lowest BCUT2D eigenvalue weighted by Gasteiger charge is -2.35. The summed E-state index contributed by atoms with van der Waals surface area (Å²) < 4.78 is 4.99. The van der Waals surface area contributed by atoms with Crippen LogP contribution in [0.5, 0.6) is 0 Å². The number of nitrogens with one attached hydrogen (secondary N) is 1. The lowest BCUT2D eigenvalue weighted by atomic mass is 9.80. The number of likely N-dealkylation sites (tertiary alicyclic amines) is 1. The second-order valence-corrected chi connectivity index (χ2v) is 6.92. The number of nitrogens with zero attached hydrogens (tertiary/aromatic N) is 1. The summed E-state index contributed by atoms with van der Waals surface area (Å²) in [5, 5.41) is 3.75. The van der Waals surface area contributed by atoms with Gasteiger partial charge < -0.3 is 15.0 Å². The van der Waals surface area contributed by atoms with Crippen LogP contribution in [0.25, 0.3) is 0 Å². The van der Waals surface area contributed by atoms with Gasteiger partial charge in [-0.25, -0.2) is 0 Å². The molecule has 1 N–H and O–H groups in total. The van der Waals surface area contributed by atoms with E-state index in [1.54, 1.807) is 12.7 Å². The van der Waals surface area contributed by atoms with Crippen molar-refractivity contribution < 1.29 is 9.53 Å². The molecule has 2 atom stereocenters. The third-order valence-corrected chi connectivity index (χ3v) is 5.35. The smallest absolute Gasteiger partial charge is 0.224 e. The summed E-state index contributed by atoms with van der Waals surface area (Å²) >= 11 is 0. The molecule has 0 bridgehead atoms. The number of piperidine rings is 1. The van der Waals surface area contributed by atoms with E-state index in [1.165, 1.54) is 12.8 Å². The molecule has 1 aliphatic heterocycles. The van der Waals surface area contributed by atoms with Crippen molar-refractivity contribution in [1.82, 2.24) is 10.2 Å². The van der Waals surface area contributed by atoms with Gasteiger partial charge >= 0.3 is 0 Å². The Labute approximate surface area is 135 Å². The number of hydrogen-bond acceptors (Lipinski definition) is 3. The second kappa shape index (κ2) is 8.68. The molecule has 1 saturated heterocycles. The van der Waals surface area contributed by atoms with Gasteiger partial charge in [-0.15, -0.1) is 0 Å². The third-order valence-electron chi connectivity index (χ3n) is 5.35. The number of hydrogen-bond donors (Lipinski definition) is 1. The van der Waals surface area contributed by atoms with Gasteiger partial charge in [-0.1, -0.05) is 18.6 Å². The normalized spacial score (nSPS) is 26.9. The lowest BCUT2D eigenvalue weighted by Crippen LogP contribution is -2.46. The number of rotatable bonds is 6. The van der Waals surface area contributed by atoms with Crippen LogP contribution in [-0.4, -0.2) is 50.2 Å². The molecule has 2 unspecified atom stereocenters. The molecule has 22 heavy (non-hydrogen) atoms. The molecule has 126 valence electrons. The zero-order chi connectivity index (χ0) is 15.9. The molecule has 1 heterocycles. The fourth-order valence-corrected chi connectivity index (χ4v) is 3.71. The standard InChI is InChI=1S/C18H32N2O2/c1-14-5-4-6-15(2)17(14)13-19-16-7-10-20(11-8-16)18(21)9-12-22-3/h5,15-17,19H,4,6-13H2,1-3H3. The quantitative estimate of drug-likeness (QED) is 0.767. The van der Waals surface area contributed by atoms with Crippen molar-refractivity contribution in [3.05, 3.63) is 11.6 Å². The average Bonchev–Trinajstić information content (AvgIpc) is 2.52. The fourth-order valence-electron chi connectivity index (χ4n) is 3.71. The highest BCUT2D eigenvalue weighted by Gasteiger charge is 2.25. The number of carbonyl (C=O) groups is 1. The monoisotopic (exact) mass is 308 g/mol. The van der Waals surface area contributed by atoms with E-state index in [-0.39, 0.29) is 5.91 Å².